The van der Waals surface area contributed by atoms with Crippen molar-refractivity contribution < 1.29 is 27.4 Å². The predicted octanol–water partition coefficient (Wildman–Crippen LogP) is 1.23. The number of phenols is 1. The number of esters is 1. The lowest BCUT2D eigenvalue weighted by Crippen LogP contribution is -2.17. The smallest absolute Gasteiger partial charge is 0.305 e. The highest BCUT2D eigenvalue weighted by atomic mass is 32.2. The molecule has 0 heterocycles. The van der Waals surface area contributed by atoms with E-state index in [0.29, 0.717) is 0 Å². The summed E-state index contributed by atoms with van der Waals surface area (Å²) in [5.74, 6) is -1.90. The zero-order valence-corrected chi connectivity index (χ0v) is 11.0. The Bertz CT molecular complexity index is 558. The van der Waals surface area contributed by atoms with Gasteiger partial charge in [0.15, 0.2) is 0 Å². The highest BCUT2D eigenvalue weighted by molar-refractivity contribution is 7.92. The number of benzene rings is 1. The van der Waals surface area contributed by atoms with Gasteiger partial charge in [0.2, 0.25) is 10.0 Å². The number of methoxy groups -OCH3 is 1. The number of sulfonamides is 1. The molecule has 0 bridgehead atoms. The molecular formula is C11H14FNO5S. The van der Waals surface area contributed by atoms with Gasteiger partial charge in [-0.1, -0.05) is 0 Å². The molecule has 1 aromatic rings. The predicted molar refractivity (Wildman–Crippen MR) is 66.7 cm³/mol. The molecule has 0 unspecified atom stereocenters. The number of hydrogen-bond donors (Lipinski definition) is 2. The summed E-state index contributed by atoms with van der Waals surface area (Å²) in [6.07, 6.45) is 0.0324. The first-order valence-corrected chi connectivity index (χ1v) is 7.05. The first kappa shape index (κ1) is 15.2. The Morgan fingerprint density at radius 3 is 2.79 bits per heavy atom. The molecule has 0 amide bonds. The second kappa shape index (κ2) is 6.37. The van der Waals surface area contributed by atoms with Crippen molar-refractivity contribution in [1.29, 1.82) is 0 Å². The van der Waals surface area contributed by atoms with Crippen molar-refractivity contribution in [3.63, 3.8) is 0 Å². The first-order valence-electron chi connectivity index (χ1n) is 5.40. The Kier molecular flexibility index (Phi) is 5.11. The molecule has 1 aromatic carbocycles. The van der Waals surface area contributed by atoms with Crippen LogP contribution in [-0.2, 0) is 19.6 Å². The lowest BCUT2D eigenvalue weighted by molar-refractivity contribution is -0.140. The van der Waals surface area contributed by atoms with E-state index < -0.39 is 21.8 Å². The second-order valence-corrected chi connectivity index (χ2v) is 5.60. The third kappa shape index (κ3) is 5.12. The SMILES string of the molecule is COC(=O)CCCS(=O)(=O)Nc1cc(F)ccc1O. The maximum atomic E-state index is 12.9. The van der Waals surface area contributed by atoms with Crippen molar-refractivity contribution in [1.82, 2.24) is 0 Å². The van der Waals surface area contributed by atoms with Gasteiger partial charge in [-0.15, -0.1) is 0 Å². The quantitative estimate of drug-likeness (QED) is 0.607. The van der Waals surface area contributed by atoms with Crippen molar-refractivity contribution >= 4 is 21.7 Å². The summed E-state index contributed by atoms with van der Waals surface area (Å²) in [4.78, 5) is 10.8. The molecule has 106 valence electrons. The molecule has 0 aliphatic carbocycles. The van der Waals surface area contributed by atoms with Gasteiger partial charge in [-0.3, -0.25) is 9.52 Å². The number of carbonyl (C=O) groups is 1. The van der Waals surface area contributed by atoms with E-state index in [1.807, 2.05) is 4.72 Å². The van der Waals surface area contributed by atoms with E-state index in [2.05, 4.69) is 4.74 Å². The Hall–Kier alpha value is -1.83. The minimum atomic E-state index is -3.76. The minimum Gasteiger partial charge on any atom is -0.506 e. The van der Waals surface area contributed by atoms with Crippen LogP contribution in [0.25, 0.3) is 0 Å². The molecule has 8 heteroatoms. The fraction of sp³-hybridized carbons (Fsp3) is 0.364. The van der Waals surface area contributed by atoms with Gasteiger partial charge in [0.05, 0.1) is 18.6 Å². The van der Waals surface area contributed by atoms with Crippen LogP contribution < -0.4 is 4.72 Å². The number of nitrogens with one attached hydrogen (secondary N) is 1. The molecule has 0 saturated heterocycles. The summed E-state index contributed by atoms with van der Waals surface area (Å²) in [6, 6.07) is 2.92. The monoisotopic (exact) mass is 291 g/mol. The van der Waals surface area contributed by atoms with Crippen LogP contribution in [0.1, 0.15) is 12.8 Å². The summed E-state index contributed by atoms with van der Waals surface area (Å²) < 4.78 is 42.6. The van der Waals surface area contributed by atoms with Crippen molar-refractivity contribution in [2.75, 3.05) is 17.6 Å². The lowest BCUT2D eigenvalue weighted by Gasteiger charge is -2.09. The van der Waals surface area contributed by atoms with Crippen LogP contribution in [0.2, 0.25) is 0 Å². The first-order chi connectivity index (χ1) is 8.84. The number of carbonyl (C=O) groups excluding carboxylic acids is 1. The Morgan fingerprint density at radius 1 is 1.47 bits per heavy atom. The van der Waals surface area contributed by atoms with E-state index in [0.717, 1.165) is 18.2 Å². The van der Waals surface area contributed by atoms with E-state index in [4.69, 9.17) is 0 Å². The van der Waals surface area contributed by atoms with Crippen LogP contribution >= 0.6 is 0 Å². The van der Waals surface area contributed by atoms with Gasteiger partial charge < -0.3 is 9.84 Å². The Labute approximate surface area is 110 Å². The normalized spacial score (nSPS) is 11.1. The molecule has 19 heavy (non-hydrogen) atoms. The molecule has 0 aromatic heterocycles. The topological polar surface area (TPSA) is 92.7 Å². The van der Waals surface area contributed by atoms with Crippen LogP contribution in [0, 0.1) is 5.82 Å². The largest absolute Gasteiger partial charge is 0.506 e. The fourth-order valence-electron chi connectivity index (χ4n) is 1.32. The zero-order valence-electron chi connectivity index (χ0n) is 10.2. The molecular weight excluding hydrogens is 277 g/mol. The molecule has 0 spiro atoms. The van der Waals surface area contributed by atoms with E-state index in [1.165, 1.54) is 7.11 Å². The average molecular weight is 291 g/mol. The standard InChI is InChI=1S/C11H14FNO5S/c1-18-11(15)3-2-6-19(16,17)13-9-7-8(12)4-5-10(9)14/h4-5,7,13-14H,2-3,6H2,1H3. The number of aromatic hydroxyl groups is 1. The molecule has 1 rings (SSSR count). The van der Waals surface area contributed by atoms with Crippen LogP contribution in [-0.4, -0.2) is 32.4 Å². The van der Waals surface area contributed by atoms with E-state index >= 15 is 0 Å². The molecule has 6 nitrogen and oxygen atoms in total. The van der Waals surface area contributed by atoms with Crippen LogP contribution in [0.4, 0.5) is 10.1 Å². The van der Waals surface area contributed by atoms with Gasteiger partial charge in [-0.05, 0) is 18.6 Å². The molecule has 0 fully saturated rings. The van der Waals surface area contributed by atoms with Crippen molar-refractivity contribution in [3.8, 4) is 5.75 Å². The molecule has 0 aliphatic heterocycles. The Balaban J connectivity index is 2.64. The van der Waals surface area contributed by atoms with E-state index in [-0.39, 0.29) is 30.0 Å². The summed E-state index contributed by atoms with van der Waals surface area (Å²) in [7, 11) is -2.55. The zero-order chi connectivity index (χ0) is 14.5. The molecule has 0 radical (unpaired) electrons. The van der Waals surface area contributed by atoms with Crippen LogP contribution in [0.15, 0.2) is 18.2 Å². The highest BCUT2D eigenvalue weighted by Gasteiger charge is 2.14. The van der Waals surface area contributed by atoms with Crippen LogP contribution in [0.3, 0.4) is 0 Å². The van der Waals surface area contributed by atoms with Gasteiger partial charge in [0.1, 0.15) is 11.6 Å². The third-order valence-corrected chi connectivity index (χ3v) is 3.60. The Morgan fingerprint density at radius 2 is 2.16 bits per heavy atom. The summed E-state index contributed by atoms with van der Waals surface area (Å²) >= 11 is 0. The lowest BCUT2D eigenvalue weighted by atomic mass is 10.3. The fourth-order valence-corrected chi connectivity index (χ4v) is 2.44. The van der Waals surface area contributed by atoms with Crippen molar-refractivity contribution in [2.24, 2.45) is 0 Å². The van der Waals surface area contributed by atoms with Crippen molar-refractivity contribution in [3.05, 3.63) is 24.0 Å². The number of phenolic OH excluding ortho intramolecular Hbond substituents is 1. The van der Waals surface area contributed by atoms with Crippen LogP contribution in [0.5, 0.6) is 5.75 Å². The highest BCUT2D eigenvalue weighted by Crippen LogP contribution is 2.24. The van der Waals surface area contributed by atoms with Gasteiger partial charge in [0.25, 0.3) is 0 Å². The molecule has 0 atom stereocenters. The number of rotatable bonds is 6. The second-order valence-electron chi connectivity index (χ2n) is 3.76. The number of halogens is 1. The van der Waals surface area contributed by atoms with Gasteiger partial charge in [-0.25, -0.2) is 12.8 Å². The van der Waals surface area contributed by atoms with E-state index in [9.17, 15) is 22.7 Å². The van der Waals surface area contributed by atoms with Crippen molar-refractivity contribution in [2.45, 2.75) is 12.8 Å². The maximum Gasteiger partial charge on any atom is 0.305 e. The minimum absolute atomic E-state index is 0.0352. The number of ether oxygens (including phenoxy) is 1. The number of anilines is 1. The average Bonchev–Trinajstić information content (AvgIpc) is 2.33. The summed E-state index contributed by atoms with van der Waals surface area (Å²) in [6.45, 7) is 0. The molecule has 0 aliphatic rings. The van der Waals surface area contributed by atoms with Gasteiger partial charge >= 0.3 is 5.97 Å². The summed E-state index contributed by atoms with van der Waals surface area (Å²) in [5, 5.41) is 9.38. The van der Waals surface area contributed by atoms with E-state index in [1.54, 1.807) is 0 Å². The maximum absolute atomic E-state index is 12.9. The molecule has 2 N–H and O–H groups in total. The van der Waals surface area contributed by atoms with Gasteiger partial charge in [0, 0.05) is 12.5 Å². The molecule has 0 saturated carbocycles. The summed E-state index contributed by atoms with van der Waals surface area (Å²) in [5.41, 5.74) is -0.238. The van der Waals surface area contributed by atoms with Gasteiger partial charge in [-0.2, -0.15) is 0 Å². The third-order valence-electron chi connectivity index (χ3n) is 2.25. The number of hydrogen-bond acceptors (Lipinski definition) is 5.